The Bertz CT molecular complexity index is 543. The molecule has 1 fully saturated rings. The van der Waals surface area contributed by atoms with Crippen LogP contribution in [-0.4, -0.2) is 24.7 Å². The SMILES string of the molecule is Cc1cc(OC(F)(F)F)cc(C)c1B1OC(C)(C)C(C)(C)O1. The molecule has 0 spiro atoms. The molecule has 1 saturated heterocycles. The highest BCUT2D eigenvalue weighted by atomic mass is 19.4. The molecule has 0 unspecified atom stereocenters. The second-order valence-electron chi connectivity index (χ2n) is 6.61. The molecule has 1 aromatic carbocycles. The lowest BCUT2D eigenvalue weighted by molar-refractivity contribution is -0.274. The molecule has 0 N–H and O–H groups in total. The third-order valence-corrected chi connectivity index (χ3v) is 4.29. The lowest BCUT2D eigenvalue weighted by Crippen LogP contribution is -2.41. The Hall–Kier alpha value is -1.21. The predicted octanol–water partition coefficient (Wildman–Crippen LogP) is 3.50. The molecule has 0 aromatic heterocycles. The van der Waals surface area contributed by atoms with Gasteiger partial charge in [-0.1, -0.05) is 0 Å². The van der Waals surface area contributed by atoms with Crippen molar-refractivity contribution in [2.45, 2.75) is 59.1 Å². The molecule has 22 heavy (non-hydrogen) atoms. The fraction of sp³-hybridized carbons (Fsp3) is 0.600. The first-order valence-corrected chi connectivity index (χ1v) is 7.05. The molecule has 0 aliphatic carbocycles. The number of hydrogen-bond acceptors (Lipinski definition) is 3. The van der Waals surface area contributed by atoms with E-state index in [1.165, 1.54) is 12.1 Å². The van der Waals surface area contributed by atoms with Crippen molar-refractivity contribution in [3.63, 3.8) is 0 Å². The number of aryl methyl sites for hydroxylation is 2. The summed E-state index contributed by atoms with van der Waals surface area (Å²) in [5.74, 6) is -0.234. The average Bonchev–Trinajstić information content (AvgIpc) is 2.43. The molecule has 2 rings (SSSR count). The molecular formula is C15H20BF3O3. The summed E-state index contributed by atoms with van der Waals surface area (Å²) in [5.41, 5.74) is 1.01. The molecule has 1 aromatic rings. The van der Waals surface area contributed by atoms with Crippen molar-refractivity contribution in [1.29, 1.82) is 0 Å². The lowest BCUT2D eigenvalue weighted by atomic mass is 9.73. The van der Waals surface area contributed by atoms with Crippen molar-refractivity contribution in [3.05, 3.63) is 23.3 Å². The quantitative estimate of drug-likeness (QED) is 0.782. The fourth-order valence-electron chi connectivity index (χ4n) is 2.46. The van der Waals surface area contributed by atoms with Crippen molar-refractivity contribution in [1.82, 2.24) is 0 Å². The Morgan fingerprint density at radius 1 is 0.955 bits per heavy atom. The Kier molecular flexibility index (Phi) is 4.03. The largest absolute Gasteiger partial charge is 0.573 e. The lowest BCUT2D eigenvalue weighted by Gasteiger charge is -2.32. The maximum atomic E-state index is 12.3. The molecule has 1 aliphatic rings. The summed E-state index contributed by atoms with van der Waals surface area (Å²) in [7, 11) is -0.607. The van der Waals surface area contributed by atoms with Gasteiger partial charge in [0.1, 0.15) is 5.75 Å². The average molecular weight is 316 g/mol. The van der Waals surface area contributed by atoms with Gasteiger partial charge in [-0.2, -0.15) is 0 Å². The van der Waals surface area contributed by atoms with Gasteiger partial charge in [-0.3, -0.25) is 0 Å². The Labute approximate surface area is 128 Å². The molecule has 3 nitrogen and oxygen atoms in total. The van der Waals surface area contributed by atoms with Crippen molar-refractivity contribution < 1.29 is 27.2 Å². The van der Waals surface area contributed by atoms with Gasteiger partial charge in [0, 0.05) is 0 Å². The van der Waals surface area contributed by atoms with Gasteiger partial charge in [-0.05, 0) is 70.3 Å². The van der Waals surface area contributed by atoms with Gasteiger partial charge in [-0.15, -0.1) is 13.2 Å². The zero-order valence-electron chi connectivity index (χ0n) is 13.6. The van der Waals surface area contributed by atoms with Gasteiger partial charge in [0.25, 0.3) is 0 Å². The van der Waals surface area contributed by atoms with E-state index in [0.29, 0.717) is 11.1 Å². The number of rotatable bonds is 2. The summed E-state index contributed by atoms with van der Waals surface area (Å²) >= 11 is 0. The Morgan fingerprint density at radius 3 is 1.73 bits per heavy atom. The van der Waals surface area contributed by atoms with E-state index in [4.69, 9.17) is 9.31 Å². The number of alkyl halides is 3. The number of halogens is 3. The maximum Gasteiger partial charge on any atom is 0.573 e. The van der Waals surface area contributed by atoms with E-state index in [0.717, 1.165) is 5.46 Å². The number of benzene rings is 1. The number of hydrogen-bond donors (Lipinski definition) is 0. The minimum atomic E-state index is -4.70. The van der Waals surface area contributed by atoms with Crippen LogP contribution in [-0.2, 0) is 9.31 Å². The van der Waals surface area contributed by atoms with Crippen LogP contribution in [0.1, 0.15) is 38.8 Å². The molecular weight excluding hydrogens is 296 g/mol. The summed E-state index contributed by atoms with van der Waals surface area (Å²) in [5, 5.41) is 0. The minimum absolute atomic E-state index is 0.234. The van der Waals surface area contributed by atoms with Crippen LogP contribution in [0.15, 0.2) is 12.1 Å². The highest BCUT2D eigenvalue weighted by molar-refractivity contribution is 6.63. The van der Waals surface area contributed by atoms with Gasteiger partial charge in [-0.25, -0.2) is 0 Å². The van der Waals surface area contributed by atoms with Crippen molar-refractivity contribution in [3.8, 4) is 5.75 Å². The summed E-state index contributed by atoms with van der Waals surface area (Å²) in [4.78, 5) is 0. The van der Waals surface area contributed by atoms with Crippen LogP contribution in [0.5, 0.6) is 5.75 Å². The van der Waals surface area contributed by atoms with E-state index in [1.807, 2.05) is 27.7 Å². The van der Waals surface area contributed by atoms with E-state index in [2.05, 4.69) is 4.74 Å². The van der Waals surface area contributed by atoms with Crippen molar-refractivity contribution >= 4 is 12.6 Å². The maximum absolute atomic E-state index is 12.3. The van der Waals surface area contributed by atoms with Gasteiger partial charge in [0.05, 0.1) is 11.2 Å². The molecule has 0 bridgehead atoms. The third-order valence-electron chi connectivity index (χ3n) is 4.29. The van der Waals surface area contributed by atoms with Crippen LogP contribution in [0, 0.1) is 13.8 Å². The minimum Gasteiger partial charge on any atom is -0.406 e. The molecule has 0 atom stereocenters. The number of ether oxygens (including phenoxy) is 1. The summed E-state index contributed by atoms with van der Waals surface area (Å²) in [6.45, 7) is 11.2. The van der Waals surface area contributed by atoms with Crippen molar-refractivity contribution in [2.24, 2.45) is 0 Å². The molecule has 122 valence electrons. The van der Waals surface area contributed by atoms with Gasteiger partial charge in [0.2, 0.25) is 0 Å². The predicted molar refractivity (Wildman–Crippen MR) is 78.3 cm³/mol. The summed E-state index contributed by atoms with van der Waals surface area (Å²) < 4.78 is 52.9. The molecule has 1 aliphatic heterocycles. The fourth-order valence-corrected chi connectivity index (χ4v) is 2.46. The monoisotopic (exact) mass is 316 g/mol. The van der Waals surface area contributed by atoms with Crippen LogP contribution < -0.4 is 10.2 Å². The molecule has 0 saturated carbocycles. The topological polar surface area (TPSA) is 27.7 Å². The van der Waals surface area contributed by atoms with E-state index in [-0.39, 0.29) is 5.75 Å². The smallest absolute Gasteiger partial charge is 0.406 e. The third kappa shape index (κ3) is 3.25. The highest BCUT2D eigenvalue weighted by Gasteiger charge is 2.52. The molecule has 1 heterocycles. The van der Waals surface area contributed by atoms with E-state index < -0.39 is 24.7 Å². The van der Waals surface area contributed by atoms with E-state index in [9.17, 15) is 13.2 Å². The second kappa shape index (κ2) is 5.16. The summed E-state index contributed by atoms with van der Waals surface area (Å²) in [6.07, 6.45) is -4.70. The first kappa shape index (κ1) is 17.2. The van der Waals surface area contributed by atoms with Crippen LogP contribution >= 0.6 is 0 Å². The molecule has 7 heteroatoms. The van der Waals surface area contributed by atoms with E-state index >= 15 is 0 Å². The summed E-state index contributed by atoms with van der Waals surface area (Å²) in [6, 6.07) is 2.70. The van der Waals surface area contributed by atoms with Crippen LogP contribution in [0.25, 0.3) is 0 Å². The first-order chi connectivity index (χ1) is 9.82. The van der Waals surface area contributed by atoms with Crippen LogP contribution in [0.4, 0.5) is 13.2 Å². The standard InChI is InChI=1S/C15H20BF3O3/c1-9-7-11(20-15(17,18)19)8-10(2)12(9)16-21-13(3,4)14(5,6)22-16/h7-8H,1-6H3. The Morgan fingerprint density at radius 2 is 1.36 bits per heavy atom. The van der Waals surface area contributed by atoms with E-state index in [1.54, 1.807) is 13.8 Å². The van der Waals surface area contributed by atoms with Crippen molar-refractivity contribution in [2.75, 3.05) is 0 Å². The second-order valence-corrected chi connectivity index (χ2v) is 6.61. The van der Waals surface area contributed by atoms with Gasteiger partial charge >= 0.3 is 13.5 Å². The molecule has 0 radical (unpaired) electrons. The molecule has 0 amide bonds. The first-order valence-electron chi connectivity index (χ1n) is 7.05. The highest BCUT2D eigenvalue weighted by Crippen LogP contribution is 2.37. The zero-order chi connectivity index (χ0) is 16.9. The van der Waals surface area contributed by atoms with Gasteiger partial charge in [0.15, 0.2) is 0 Å². The van der Waals surface area contributed by atoms with Crippen LogP contribution in [0.2, 0.25) is 0 Å². The van der Waals surface area contributed by atoms with Crippen LogP contribution in [0.3, 0.4) is 0 Å². The normalized spacial score (nSPS) is 20.3. The zero-order valence-corrected chi connectivity index (χ0v) is 13.6. The Balaban J connectivity index is 2.34. The van der Waals surface area contributed by atoms with Gasteiger partial charge < -0.3 is 14.0 Å².